The maximum absolute atomic E-state index is 12.8. The van der Waals surface area contributed by atoms with Crippen LogP contribution in [0, 0.1) is 5.41 Å². The van der Waals surface area contributed by atoms with Crippen molar-refractivity contribution in [1.29, 1.82) is 5.41 Å². The van der Waals surface area contributed by atoms with Gasteiger partial charge in [-0.3, -0.25) is 15.5 Å². The van der Waals surface area contributed by atoms with E-state index < -0.39 is 29.3 Å². The summed E-state index contributed by atoms with van der Waals surface area (Å²) in [5.74, 6) is -0.892. The minimum Gasteiger partial charge on any atom is -0.444 e. The van der Waals surface area contributed by atoms with Gasteiger partial charge in [0.05, 0.1) is 23.5 Å². The highest BCUT2D eigenvalue weighted by Crippen LogP contribution is 2.26. The maximum atomic E-state index is 12.8. The van der Waals surface area contributed by atoms with E-state index in [4.69, 9.17) is 19.1 Å². The second-order valence-corrected chi connectivity index (χ2v) is 9.32. The molecule has 1 aromatic carbocycles. The van der Waals surface area contributed by atoms with E-state index in [9.17, 15) is 14.4 Å². The Balaban J connectivity index is 3.10. The number of carbonyl (C=O) groups excluding carboxylic acids is 3. The van der Waals surface area contributed by atoms with Crippen LogP contribution in [0.4, 0.5) is 9.59 Å². The Morgan fingerprint density at radius 3 is 2.16 bits per heavy atom. The second-order valence-electron chi connectivity index (χ2n) is 8.54. The molecule has 2 amide bonds. The van der Waals surface area contributed by atoms with Gasteiger partial charge in [0.2, 0.25) is 5.96 Å². The zero-order valence-corrected chi connectivity index (χ0v) is 19.8. The number of nitrogens with one attached hydrogen (secondary N) is 2. The Kier molecular flexibility index (Phi) is 9.36. The molecule has 9 nitrogen and oxygen atoms in total. The Morgan fingerprint density at radius 1 is 1.03 bits per heavy atom. The molecule has 0 radical (unpaired) electrons. The van der Waals surface area contributed by atoms with Crippen LogP contribution in [0.5, 0.6) is 0 Å². The number of ether oxygens (including phenoxy) is 2. The molecule has 0 spiro atoms. The van der Waals surface area contributed by atoms with Crippen molar-refractivity contribution in [3.05, 3.63) is 29.8 Å². The molecule has 0 aliphatic carbocycles. The summed E-state index contributed by atoms with van der Waals surface area (Å²) in [7, 11) is 0. The normalized spacial score (nSPS) is 11.3. The summed E-state index contributed by atoms with van der Waals surface area (Å²) in [6, 6.07) is 6.95. The highest BCUT2D eigenvalue weighted by molar-refractivity contribution is 7.95. The van der Waals surface area contributed by atoms with Gasteiger partial charge in [0, 0.05) is 6.42 Å². The quantitative estimate of drug-likeness (QED) is 0.372. The summed E-state index contributed by atoms with van der Waals surface area (Å²) in [5, 5.41) is 10.5. The number of rotatable bonds is 5. The largest absolute Gasteiger partial charge is 0.444 e. The van der Waals surface area contributed by atoms with E-state index in [2.05, 4.69) is 5.32 Å². The van der Waals surface area contributed by atoms with Gasteiger partial charge in [-0.05, 0) is 53.2 Å². The van der Waals surface area contributed by atoms with Gasteiger partial charge in [0.15, 0.2) is 0 Å². The predicted octanol–water partition coefficient (Wildman–Crippen LogP) is 4.84. The van der Waals surface area contributed by atoms with Crippen molar-refractivity contribution in [1.82, 2.24) is 10.2 Å². The van der Waals surface area contributed by atoms with Crippen molar-refractivity contribution >= 4 is 36.2 Å². The summed E-state index contributed by atoms with van der Waals surface area (Å²) in [4.78, 5) is 37.9. The second kappa shape index (κ2) is 11.0. The van der Waals surface area contributed by atoms with Gasteiger partial charge < -0.3 is 13.7 Å². The molecule has 0 saturated carbocycles. The number of hydrogen-bond acceptors (Lipinski definition) is 8. The number of hydrogen-bond donors (Lipinski definition) is 2. The fraction of sp³-hybridized carbons (Fsp3) is 0.524. The summed E-state index contributed by atoms with van der Waals surface area (Å²) in [6.45, 7) is 11.7. The van der Waals surface area contributed by atoms with Crippen LogP contribution in [0.1, 0.15) is 60.5 Å². The summed E-state index contributed by atoms with van der Waals surface area (Å²) in [6.07, 6.45) is -1.46. The molecule has 0 aliphatic heterocycles. The molecule has 0 heterocycles. The number of guanidine groups is 1. The summed E-state index contributed by atoms with van der Waals surface area (Å²) in [5.41, 5.74) is -0.988. The molecule has 0 saturated heterocycles. The highest BCUT2D eigenvalue weighted by Gasteiger charge is 2.28. The van der Waals surface area contributed by atoms with E-state index in [1.54, 1.807) is 72.7 Å². The lowest BCUT2D eigenvalue weighted by Crippen LogP contribution is -2.49. The molecule has 0 unspecified atom stereocenters. The molecule has 0 atom stereocenters. The summed E-state index contributed by atoms with van der Waals surface area (Å²) >= 11 is 0.869. The van der Waals surface area contributed by atoms with Gasteiger partial charge >= 0.3 is 18.2 Å². The molecular weight excluding hydrogens is 422 g/mol. The average molecular weight is 454 g/mol. The van der Waals surface area contributed by atoms with E-state index in [-0.39, 0.29) is 18.9 Å². The maximum Gasteiger partial charge on any atom is 0.417 e. The first kappa shape index (κ1) is 26.3. The Morgan fingerprint density at radius 2 is 1.61 bits per heavy atom. The lowest BCUT2D eigenvalue weighted by molar-refractivity contribution is -0.132. The molecule has 31 heavy (non-hydrogen) atoms. The molecule has 1 rings (SSSR count). The topological polar surface area (TPSA) is 118 Å². The monoisotopic (exact) mass is 453 g/mol. The fourth-order valence-corrected chi connectivity index (χ4v) is 2.73. The lowest BCUT2D eigenvalue weighted by Gasteiger charge is -2.28. The lowest BCUT2D eigenvalue weighted by atomic mass is 10.2. The van der Waals surface area contributed by atoms with Crippen molar-refractivity contribution < 1.29 is 28.0 Å². The number of carbonyl (C=O) groups is 3. The third-order valence-corrected chi connectivity index (χ3v) is 4.16. The summed E-state index contributed by atoms with van der Waals surface area (Å²) < 4.78 is 15.7. The average Bonchev–Trinajstić information content (AvgIpc) is 2.61. The molecular formula is C21H31N3O6S. The molecule has 10 heteroatoms. The van der Waals surface area contributed by atoms with Crippen LogP contribution in [-0.2, 0) is 25.0 Å². The van der Waals surface area contributed by atoms with E-state index >= 15 is 0 Å². The SMILES string of the molecule is CCC(=O)OSc1ccccc1CN(C(=N)NC(=O)OC(C)(C)C)C(=O)OC(C)(C)C. The van der Waals surface area contributed by atoms with Crippen molar-refractivity contribution in [2.45, 2.75) is 77.5 Å². The number of alkyl carbamates (subject to hydrolysis) is 1. The van der Waals surface area contributed by atoms with Gasteiger partial charge in [-0.15, -0.1) is 0 Å². The Bertz CT molecular complexity index is 814. The Hall–Kier alpha value is -2.75. The van der Waals surface area contributed by atoms with Crippen molar-refractivity contribution in [3.63, 3.8) is 0 Å². The third kappa shape index (κ3) is 10.2. The van der Waals surface area contributed by atoms with Gasteiger partial charge in [-0.1, -0.05) is 25.1 Å². The third-order valence-electron chi connectivity index (χ3n) is 3.32. The van der Waals surface area contributed by atoms with E-state index in [0.717, 1.165) is 16.9 Å². The van der Waals surface area contributed by atoms with Crippen LogP contribution in [0.15, 0.2) is 29.2 Å². The van der Waals surface area contributed by atoms with Crippen molar-refractivity contribution in [3.8, 4) is 0 Å². The zero-order valence-electron chi connectivity index (χ0n) is 19.0. The van der Waals surface area contributed by atoms with Crippen LogP contribution in [-0.4, -0.2) is 40.2 Å². The molecule has 0 fully saturated rings. The van der Waals surface area contributed by atoms with Gasteiger partial charge in [-0.2, -0.15) is 0 Å². The van der Waals surface area contributed by atoms with Crippen molar-refractivity contribution in [2.24, 2.45) is 0 Å². The minimum atomic E-state index is -0.870. The first-order valence-electron chi connectivity index (χ1n) is 9.76. The van der Waals surface area contributed by atoms with Crippen LogP contribution in [0.25, 0.3) is 0 Å². The first-order valence-corrected chi connectivity index (χ1v) is 10.5. The molecule has 2 N–H and O–H groups in total. The van der Waals surface area contributed by atoms with Gasteiger partial charge in [0.1, 0.15) is 11.2 Å². The molecule has 1 aromatic rings. The van der Waals surface area contributed by atoms with Crippen LogP contribution >= 0.6 is 12.0 Å². The molecule has 172 valence electrons. The first-order chi connectivity index (χ1) is 14.2. The number of nitrogens with zero attached hydrogens (tertiary/aromatic N) is 1. The molecule has 0 aliphatic rings. The Labute approximate surface area is 187 Å². The molecule has 0 bridgehead atoms. The molecule has 0 aromatic heterocycles. The number of amides is 2. The van der Waals surface area contributed by atoms with Gasteiger partial charge in [-0.25, -0.2) is 14.5 Å². The van der Waals surface area contributed by atoms with E-state index in [1.165, 1.54) is 0 Å². The van der Waals surface area contributed by atoms with Crippen LogP contribution in [0.3, 0.4) is 0 Å². The highest BCUT2D eigenvalue weighted by atomic mass is 32.2. The van der Waals surface area contributed by atoms with E-state index in [1.807, 2.05) is 0 Å². The predicted molar refractivity (Wildman–Crippen MR) is 118 cm³/mol. The minimum absolute atomic E-state index is 0.101. The van der Waals surface area contributed by atoms with Gasteiger partial charge in [0.25, 0.3) is 0 Å². The van der Waals surface area contributed by atoms with Crippen LogP contribution in [0.2, 0.25) is 0 Å². The standard InChI is InChI=1S/C21H31N3O6S/c1-8-16(25)30-31-15-12-10-9-11-14(15)13-24(19(27)29-21(5,6)7)17(22)23-18(26)28-20(2,3)4/h9-12H,8,13H2,1-7H3,(H2,22,23,26). The number of benzene rings is 1. The van der Waals surface area contributed by atoms with Crippen molar-refractivity contribution in [2.75, 3.05) is 0 Å². The zero-order chi connectivity index (χ0) is 23.8. The van der Waals surface area contributed by atoms with Crippen LogP contribution < -0.4 is 5.32 Å². The van der Waals surface area contributed by atoms with E-state index in [0.29, 0.717) is 10.5 Å². The fourth-order valence-electron chi connectivity index (χ4n) is 2.06. The smallest absolute Gasteiger partial charge is 0.417 e.